The number of carbonyl (C=O) groups excluding carboxylic acids is 1. The standard InChI is InChI=1S/C27H38N2O3/c1-5-6-17-28-23(18-21-13-9-7-10-14-21)25-26(32-27(3,4)31-25)24(29-20(2)30)19-22-15-11-8-12-16-22/h7-16,23-26,28H,5-6,17-19H2,1-4H3,(H,29,30). The lowest BCUT2D eigenvalue weighted by molar-refractivity contribution is -0.151. The molecular formula is C27H38N2O3. The Bertz CT molecular complexity index is 825. The third-order valence-electron chi connectivity index (χ3n) is 5.88. The molecule has 1 heterocycles. The summed E-state index contributed by atoms with van der Waals surface area (Å²) < 4.78 is 12.9. The predicted molar refractivity (Wildman–Crippen MR) is 128 cm³/mol. The van der Waals surface area contributed by atoms with Gasteiger partial charge in [0.05, 0.1) is 6.04 Å². The maximum Gasteiger partial charge on any atom is 0.217 e. The monoisotopic (exact) mass is 438 g/mol. The Morgan fingerprint density at radius 2 is 1.41 bits per heavy atom. The molecule has 3 rings (SSSR count). The third kappa shape index (κ3) is 7.16. The minimum absolute atomic E-state index is 0.0588. The molecule has 0 bridgehead atoms. The zero-order valence-corrected chi connectivity index (χ0v) is 19.8. The first-order valence-corrected chi connectivity index (χ1v) is 11.8. The van der Waals surface area contributed by atoms with Gasteiger partial charge in [-0.05, 0) is 50.8 Å². The Balaban J connectivity index is 1.87. The normalized spacial score (nSPS) is 21.8. The van der Waals surface area contributed by atoms with E-state index < -0.39 is 5.79 Å². The Morgan fingerprint density at radius 3 is 1.91 bits per heavy atom. The zero-order valence-electron chi connectivity index (χ0n) is 19.8. The van der Waals surface area contributed by atoms with Gasteiger partial charge in [0.15, 0.2) is 5.79 Å². The number of amides is 1. The van der Waals surface area contributed by atoms with E-state index in [0.717, 1.165) is 31.4 Å². The molecule has 32 heavy (non-hydrogen) atoms. The highest BCUT2D eigenvalue weighted by molar-refractivity contribution is 5.73. The summed E-state index contributed by atoms with van der Waals surface area (Å²) in [5, 5.41) is 6.89. The number of carbonyl (C=O) groups is 1. The highest BCUT2D eigenvalue weighted by atomic mass is 16.8. The predicted octanol–water partition coefficient (Wildman–Crippen LogP) is 4.25. The summed E-state index contributed by atoms with van der Waals surface area (Å²) >= 11 is 0. The summed E-state index contributed by atoms with van der Waals surface area (Å²) in [6, 6.07) is 20.6. The average Bonchev–Trinajstić information content (AvgIpc) is 3.09. The molecule has 0 aliphatic carbocycles. The molecule has 174 valence electrons. The van der Waals surface area contributed by atoms with E-state index in [0.29, 0.717) is 6.42 Å². The van der Waals surface area contributed by atoms with E-state index in [9.17, 15) is 4.79 Å². The molecule has 0 saturated carbocycles. The fourth-order valence-electron chi connectivity index (χ4n) is 4.45. The van der Waals surface area contributed by atoms with Crippen LogP contribution in [0.4, 0.5) is 0 Å². The lowest BCUT2D eigenvalue weighted by atomic mass is 9.91. The van der Waals surface area contributed by atoms with Crippen molar-refractivity contribution in [3.8, 4) is 0 Å². The van der Waals surface area contributed by atoms with Gasteiger partial charge in [0.1, 0.15) is 12.2 Å². The van der Waals surface area contributed by atoms with Gasteiger partial charge >= 0.3 is 0 Å². The van der Waals surface area contributed by atoms with Gasteiger partial charge in [-0.2, -0.15) is 0 Å². The number of unbranched alkanes of at least 4 members (excludes halogenated alkanes) is 1. The van der Waals surface area contributed by atoms with Crippen LogP contribution < -0.4 is 10.6 Å². The maximum atomic E-state index is 12.1. The molecule has 0 aromatic heterocycles. The number of nitrogens with one attached hydrogen (secondary N) is 2. The van der Waals surface area contributed by atoms with Crippen molar-refractivity contribution in [3.63, 3.8) is 0 Å². The number of hydrogen-bond acceptors (Lipinski definition) is 4. The van der Waals surface area contributed by atoms with E-state index in [-0.39, 0.29) is 30.2 Å². The van der Waals surface area contributed by atoms with Gasteiger partial charge in [0, 0.05) is 13.0 Å². The summed E-state index contributed by atoms with van der Waals surface area (Å²) in [6.45, 7) is 8.60. The van der Waals surface area contributed by atoms with Gasteiger partial charge in [-0.15, -0.1) is 0 Å². The molecule has 1 aliphatic heterocycles. The fraction of sp³-hybridized carbons (Fsp3) is 0.519. The molecule has 1 fully saturated rings. The van der Waals surface area contributed by atoms with E-state index in [1.54, 1.807) is 6.92 Å². The van der Waals surface area contributed by atoms with Gasteiger partial charge in [0.25, 0.3) is 0 Å². The molecule has 1 saturated heterocycles. The van der Waals surface area contributed by atoms with Crippen LogP contribution in [-0.2, 0) is 27.1 Å². The molecule has 2 N–H and O–H groups in total. The second-order valence-corrected chi connectivity index (χ2v) is 9.17. The number of rotatable bonds is 11. The van der Waals surface area contributed by atoms with Gasteiger partial charge in [-0.1, -0.05) is 74.0 Å². The van der Waals surface area contributed by atoms with Crippen LogP contribution in [0.25, 0.3) is 0 Å². The van der Waals surface area contributed by atoms with Gasteiger partial charge in [-0.3, -0.25) is 4.79 Å². The lowest BCUT2D eigenvalue weighted by Crippen LogP contribution is -2.55. The van der Waals surface area contributed by atoms with Crippen molar-refractivity contribution in [2.24, 2.45) is 0 Å². The van der Waals surface area contributed by atoms with Crippen LogP contribution in [0.3, 0.4) is 0 Å². The van der Waals surface area contributed by atoms with E-state index in [2.05, 4.69) is 54.0 Å². The minimum Gasteiger partial charge on any atom is -0.351 e. The molecule has 0 spiro atoms. The average molecular weight is 439 g/mol. The molecule has 5 heteroatoms. The molecule has 2 aromatic carbocycles. The quantitative estimate of drug-likeness (QED) is 0.515. The number of ether oxygens (including phenoxy) is 2. The van der Waals surface area contributed by atoms with E-state index >= 15 is 0 Å². The van der Waals surface area contributed by atoms with Crippen molar-refractivity contribution in [3.05, 3.63) is 71.8 Å². The summed E-state index contributed by atoms with van der Waals surface area (Å²) in [5.74, 6) is -0.777. The highest BCUT2D eigenvalue weighted by Gasteiger charge is 2.48. The summed E-state index contributed by atoms with van der Waals surface area (Å²) in [5.41, 5.74) is 2.42. The molecular weight excluding hydrogens is 400 g/mol. The molecule has 2 aromatic rings. The molecule has 1 aliphatic rings. The SMILES string of the molecule is CCCCNC(Cc1ccccc1)C1OC(C)(C)OC1C(Cc1ccccc1)NC(C)=O. The van der Waals surface area contributed by atoms with Crippen molar-refractivity contribution in [2.45, 2.75) is 83.5 Å². The first-order chi connectivity index (χ1) is 15.4. The van der Waals surface area contributed by atoms with Crippen molar-refractivity contribution in [2.75, 3.05) is 6.54 Å². The Labute approximate surface area is 192 Å². The van der Waals surface area contributed by atoms with Crippen LogP contribution >= 0.6 is 0 Å². The smallest absolute Gasteiger partial charge is 0.217 e. The number of hydrogen-bond donors (Lipinski definition) is 2. The molecule has 5 nitrogen and oxygen atoms in total. The van der Waals surface area contributed by atoms with Crippen LogP contribution in [0.2, 0.25) is 0 Å². The summed E-state index contributed by atoms with van der Waals surface area (Å²) in [7, 11) is 0. The minimum atomic E-state index is -0.718. The first kappa shape index (κ1) is 24.4. The third-order valence-corrected chi connectivity index (χ3v) is 5.88. The van der Waals surface area contributed by atoms with Crippen LogP contribution in [0.15, 0.2) is 60.7 Å². The van der Waals surface area contributed by atoms with Gasteiger partial charge in [-0.25, -0.2) is 0 Å². The van der Waals surface area contributed by atoms with Crippen molar-refractivity contribution in [1.82, 2.24) is 10.6 Å². The van der Waals surface area contributed by atoms with Crippen molar-refractivity contribution >= 4 is 5.91 Å². The molecule has 0 radical (unpaired) electrons. The summed E-state index contributed by atoms with van der Waals surface area (Å²) in [4.78, 5) is 12.1. The van der Waals surface area contributed by atoms with Crippen LogP contribution in [0.1, 0.15) is 51.7 Å². The largest absolute Gasteiger partial charge is 0.351 e. The van der Waals surface area contributed by atoms with Crippen LogP contribution in [-0.4, -0.2) is 42.5 Å². The maximum absolute atomic E-state index is 12.1. The van der Waals surface area contributed by atoms with Gasteiger partial charge < -0.3 is 20.1 Å². The number of benzene rings is 2. The van der Waals surface area contributed by atoms with Crippen LogP contribution in [0.5, 0.6) is 0 Å². The van der Waals surface area contributed by atoms with Crippen molar-refractivity contribution < 1.29 is 14.3 Å². The molecule has 4 unspecified atom stereocenters. The molecule has 1 amide bonds. The van der Waals surface area contributed by atoms with E-state index in [1.807, 2.05) is 38.1 Å². The Kier molecular flexibility index (Phi) is 8.85. The second-order valence-electron chi connectivity index (χ2n) is 9.17. The Morgan fingerprint density at radius 1 is 0.906 bits per heavy atom. The lowest BCUT2D eigenvalue weighted by Gasteiger charge is -2.32. The Hall–Kier alpha value is -2.21. The molecule has 4 atom stereocenters. The van der Waals surface area contributed by atoms with E-state index in [1.165, 1.54) is 5.56 Å². The van der Waals surface area contributed by atoms with Crippen LogP contribution in [0, 0.1) is 0 Å². The van der Waals surface area contributed by atoms with Crippen molar-refractivity contribution in [1.29, 1.82) is 0 Å². The second kappa shape index (κ2) is 11.6. The first-order valence-electron chi connectivity index (χ1n) is 11.8. The zero-order chi connectivity index (χ0) is 23.0. The summed E-state index contributed by atoms with van der Waals surface area (Å²) in [6.07, 6.45) is 3.30. The van der Waals surface area contributed by atoms with Gasteiger partial charge in [0.2, 0.25) is 5.91 Å². The topological polar surface area (TPSA) is 59.6 Å². The van der Waals surface area contributed by atoms with E-state index in [4.69, 9.17) is 9.47 Å². The highest BCUT2D eigenvalue weighted by Crippen LogP contribution is 2.33. The fourth-order valence-corrected chi connectivity index (χ4v) is 4.45.